The number of halogens is 3. The number of hydrogen-bond donors (Lipinski definition) is 1. The van der Waals surface area contributed by atoms with Gasteiger partial charge in [0.15, 0.2) is 0 Å². The smallest absolute Gasteiger partial charge is 0.391 e. The van der Waals surface area contributed by atoms with Crippen molar-refractivity contribution < 1.29 is 23.0 Å². The average Bonchev–Trinajstić information content (AvgIpc) is 2.60. The lowest BCUT2D eigenvalue weighted by molar-refractivity contribution is -0.137. The molecule has 0 aromatic rings. The van der Waals surface area contributed by atoms with E-state index < -0.39 is 18.7 Å². The molecular formula is C7H11F3O2. The summed E-state index contributed by atoms with van der Waals surface area (Å²) in [5, 5.41) is 8.38. The molecule has 1 rings (SSSR count). The summed E-state index contributed by atoms with van der Waals surface area (Å²) in [6, 6.07) is 0. The van der Waals surface area contributed by atoms with Crippen molar-refractivity contribution in [3.05, 3.63) is 0 Å². The standard InChI is InChI=1S/C7H11F3O2/c8-7(9,10)4-6-5(12-6)2-1-3-11/h5-6,11H,1-4H2. The lowest BCUT2D eigenvalue weighted by Crippen LogP contribution is -2.12. The Balaban J connectivity index is 2.08. The van der Waals surface area contributed by atoms with Gasteiger partial charge in [0.2, 0.25) is 0 Å². The third-order valence-electron chi connectivity index (χ3n) is 1.77. The fourth-order valence-corrected chi connectivity index (χ4v) is 1.13. The van der Waals surface area contributed by atoms with Gasteiger partial charge in [-0.25, -0.2) is 0 Å². The molecule has 12 heavy (non-hydrogen) atoms. The van der Waals surface area contributed by atoms with Crippen LogP contribution in [-0.4, -0.2) is 30.1 Å². The first-order valence-corrected chi connectivity index (χ1v) is 3.86. The van der Waals surface area contributed by atoms with Gasteiger partial charge < -0.3 is 9.84 Å². The van der Waals surface area contributed by atoms with Crippen LogP contribution in [0.25, 0.3) is 0 Å². The molecule has 0 aromatic heterocycles. The van der Waals surface area contributed by atoms with Crippen LogP contribution in [0.2, 0.25) is 0 Å². The highest BCUT2D eigenvalue weighted by atomic mass is 19.4. The van der Waals surface area contributed by atoms with Crippen LogP contribution in [0.4, 0.5) is 13.2 Å². The Morgan fingerprint density at radius 1 is 1.25 bits per heavy atom. The van der Waals surface area contributed by atoms with E-state index in [1.165, 1.54) is 0 Å². The highest BCUT2D eigenvalue weighted by Crippen LogP contribution is 2.35. The highest BCUT2D eigenvalue weighted by Gasteiger charge is 2.45. The van der Waals surface area contributed by atoms with Crippen molar-refractivity contribution in [1.29, 1.82) is 0 Å². The van der Waals surface area contributed by atoms with E-state index >= 15 is 0 Å². The molecule has 1 heterocycles. The molecule has 2 unspecified atom stereocenters. The first-order chi connectivity index (χ1) is 5.53. The summed E-state index contributed by atoms with van der Waals surface area (Å²) in [6.45, 7) is 0.0125. The van der Waals surface area contributed by atoms with E-state index in [-0.39, 0.29) is 12.7 Å². The van der Waals surface area contributed by atoms with E-state index in [0.717, 1.165) is 0 Å². The lowest BCUT2D eigenvalue weighted by atomic mass is 10.1. The van der Waals surface area contributed by atoms with Gasteiger partial charge in [0.1, 0.15) is 0 Å². The van der Waals surface area contributed by atoms with Gasteiger partial charge in [-0.3, -0.25) is 0 Å². The van der Waals surface area contributed by atoms with Crippen molar-refractivity contribution in [2.75, 3.05) is 6.61 Å². The summed E-state index contributed by atoms with van der Waals surface area (Å²) >= 11 is 0. The molecule has 5 heteroatoms. The van der Waals surface area contributed by atoms with Gasteiger partial charge in [0.05, 0.1) is 18.6 Å². The van der Waals surface area contributed by atoms with Gasteiger partial charge in [-0.15, -0.1) is 0 Å². The van der Waals surface area contributed by atoms with Gasteiger partial charge in [0.25, 0.3) is 0 Å². The number of ether oxygens (including phenoxy) is 1. The average molecular weight is 184 g/mol. The van der Waals surface area contributed by atoms with Crippen molar-refractivity contribution in [2.24, 2.45) is 0 Å². The lowest BCUT2D eigenvalue weighted by Gasteiger charge is -2.01. The predicted octanol–water partition coefficient (Wildman–Crippen LogP) is 1.48. The Hall–Kier alpha value is -0.290. The molecule has 72 valence electrons. The maximum Gasteiger partial charge on any atom is 0.391 e. The fourth-order valence-electron chi connectivity index (χ4n) is 1.13. The summed E-state index contributed by atoms with van der Waals surface area (Å²) in [5.41, 5.74) is 0. The summed E-state index contributed by atoms with van der Waals surface area (Å²) in [5.74, 6) is 0. The van der Waals surface area contributed by atoms with E-state index in [0.29, 0.717) is 12.8 Å². The van der Waals surface area contributed by atoms with Crippen LogP contribution in [0, 0.1) is 0 Å². The minimum Gasteiger partial charge on any atom is -0.396 e. The van der Waals surface area contributed by atoms with Gasteiger partial charge in [-0.05, 0) is 12.8 Å². The topological polar surface area (TPSA) is 32.8 Å². The number of hydrogen-bond acceptors (Lipinski definition) is 2. The molecular weight excluding hydrogens is 173 g/mol. The van der Waals surface area contributed by atoms with Crippen LogP contribution in [-0.2, 0) is 4.74 Å². The molecule has 0 spiro atoms. The quantitative estimate of drug-likeness (QED) is 0.671. The zero-order valence-corrected chi connectivity index (χ0v) is 6.47. The molecule has 0 saturated carbocycles. The minimum atomic E-state index is -4.13. The second kappa shape index (κ2) is 3.62. The molecule has 0 radical (unpaired) electrons. The maximum absolute atomic E-state index is 11.7. The maximum atomic E-state index is 11.7. The van der Waals surface area contributed by atoms with Crippen LogP contribution in [0.5, 0.6) is 0 Å². The number of aliphatic hydroxyl groups excluding tert-OH is 1. The minimum absolute atomic E-state index is 0.0125. The molecule has 0 aliphatic carbocycles. The number of aliphatic hydroxyl groups is 1. The largest absolute Gasteiger partial charge is 0.396 e. The molecule has 0 aromatic carbocycles. The normalized spacial score (nSPS) is 29.0. The van der Waals surface area contributed by atoms with Crippen molar-refractivity contribution in [3.8, 4) is 0 Å². The Kier molecular flexibility index (Phi) is 2.95. The molecule has 2 nitrogen and oxygen atoms in total. The van der Waals surface area contributed by atoms with E-state index in [1.54, 1.807) is 0 Å². The third-order valence-corrected chi connectivity index (χ3v) is 1.77. The van der Waals surface area contributed by atoms with Crippen LogP contribution in [0.15, 0.2) is 0 Å². The Morgan fingerprint density at radius 3 is 2.42 bits per heavy atom. The predicted molar refractivity (Wildman–Crippen MR) is 35.7 cm³/mol. The monoisotopic (exact) mass is 184 g/mol. The molecule has 1 N–H and O–H groups in total. The van der Waals surface area contributed by atoms with Crippen molar-refractivity contribution in [3.63, 3.8) is 0 Å². The molecule has 1 aliphatic rings. The third kappa shape index (κ3) is 3.40. The van der Waals surface area contributed by atoms with E-state index in [4.69, 9.17) is 9.84 Å². The summed E-state index contributed by atoms with van der Waals surface area (Å²) < 4.78 is 39.9. The highest BCUT2D eigenvalue weighted by molar-refractivity contribution is 4.86. The van der Waals surface area contributed by atoms with E-state index in [1.807, 2.05) is 0 Å². The van der Waals surface area contributed by atoms with Crippen molar-refractivity contribution in [1.82, 2.24) is 0 Å². The van der Waals surface area contributed by atoms with Crippen LogP contribution < -0.4 is 0 Å². The van der Waals surface area contributed by atoms with E-state index in [9.17, 15) is 13.2 Å². The Bertz CT molecular complexity index is 146. The van der Waals surface area contributed by atoms with Gasteiger partial charge in [-0.1, -0.05) is 0 Å². The van der Waals surface area contributed by atoms with Gasteiger partial charge in [-0.2, -0.15) is 13.2 Å². The van der Waals surface area contributed by atoms with E-state index in [2.05, 4.69) is 0 Å². The summed E-state index contributed by atoms with van der Waals surface area (Å²) in [7, 11) is 0. The van der Waals surface area contributed by atoms with Crippen LogP contribution >= 0.6 is 0 Å². The first-order valence-electron chi connectivity index (χ1n) is 3.86. The number of rotatable bonds is 4. The zero-order chi connectivity index (χ0) is 9.19. The molecule has 1 fully saturated rings. The number of alkyl halides is 3. The van der Waals surface area contributed by atoms with Crippen molar-refractivity contribution in [2.45, 2.75) is 37.6 Å². The zero-order valence-electron chi connectivity index (χ0n) is 6.47. The molecule has 1 aliphatic heterocycles. The van der Waals surface area contributed by atoms with Crippen LogP contribution in [0.1, 0.15) is 19.3 Å². The first kappa shape index (κ1) is 9.80. The molecule has 0 amide bonds. The molecule has 2 atom stereocenters. The second-order valence-electron chi connectivity index (χ2n) is 2.90. The van der Waals surface area contributed by atoms with Crippen LogP contribution in [0.3, 0.4) is 0 Å². The van der Waals surface area contributed by atoms with Gasteiger partial charge >= 0.3 is 6.18 Å². The van der Waals surface area contributed by atoms with Crippen molar-refractivity contribution >= 4 is 0 Å². The summed E-state index contributed by atoms with van der Waals surface area (Å²) in [4.78, 5) is 0. The summed E-state index contributed by atoms with van der Waals surface area (Å²) in [6.07, 6.45) is -4.88. The van der Waals surface area contributed by atoms with Gasteiger partial charge in [0, 0.05) is 6.61 Å². The Labute approximate surface area is 68.3 Å². The Morgan fingerprint density at radius 2 is 1.92 bits per heavy atom. The second-order valence-corrected chi connectivity index (χ2v) is 2.90. The number of epoxide rings is 1. The molecule has 0 bridgehead atoms. The fraction of sp³-hybridized carbons (Fsp3) is 1.00. The molecule has 1 saturated heterocycles. The SMILES string of the molecule is OCCCC1OC1CC(F)(F)F.